The minimum absolute atomic E-state index is 0.000139. The molecule has 1 aliphatic carbocycles. The molecule has 0 heterocycles. The van der Waals surface area contributed by atoms with Gasteiger partial charge in [0.25, 0.3) is 0 Å². The highest BCUT2D eigenvalue weighted by Crippen LogP contribution is 2.41. The minimum atomic E-state index is -3.47. The fourth-order valence-electron chi connectivity index (χ4n) is 2.76. The second-order valence-electron chi connectivity index (χ2n) is 7.05. The number of nitrogens with one attached hydrogen (secondary N) is 1. The summed E-state index contributed by atoms with van der Waals surface area (Å²) in [5.74, 6) is 0.343. The zero-order valence-corrected chi connectivity index (χ0v) is 13.6. The zero-order chi connectivity index (χ0) is 15.4. The summed E-state index contributed by atoms with van der Waals surface area (Å²) < 4.78 is 37.6. The first-order chi connectivity index (χ1) is 9.08. The molecule has 0 aromatic carbocycles. The standard InChI is InChI=1S/C14H28FNO3S/c1-13(2,3)12-5-7-14(17,8-6-12)11-16-20(18,19)10-4-9-15/h12,16-17H,4-11H2,1-3H3. The van der Waals surface area contributed by atoms with Gasteiger partial charge in [-0.2, -0.15) is 0 Å². The lowest BCUT2D eigenvalue weighted by atomic mass is 9.68. The number of aliphatic hydroxyl groups is 1. The molecule has 1 fully saturated rings. The molecule has 0 atom stereocenters. The molecule has 1 rings (SSSR count). The van der Waals surface area contributed by atoms with Crippen molar-refractivity contribution in [2.75, 3.05) is 19.0 Å². The van der Waals surface area contributed by atoms with Crippen molar-refractivity contribution in [2.24, 2.45) is 11.3 Å². The summed E-state index contributed by atoms with van der Waals surface area (Å²) in [6.07, 6.45) is 3.04. The maximum absolute atomic E-state index is 12.0. The van der Waals surface area contributed by atoms with Gasteiger partial charge in [0.1, 0.15) is 0 Å². The van der Waals surface area contributed by atoms with Crippen LogP contribution in [-0.4, -0.2) is 38.1 Å². The largest absolute Gasteiger partial charge is 0.389 e. The maximum Gasteiger partial charge on any atom is 0.211 e. The van der Waals surface area contributed by atoms with Gasteiger partial charge in [0.15, 0.2) is 0 Å². The van der Waals surface area contributed by atoms with E-state index in [0.717, 1.165) is 12.8 Å². The van der Waals surface area contributed by atoms with E-state index >= 15 is 0 Å². The Balaban J connectivity index is 2.46. The molecule has 120 valence electrons. The Hall–Kier alpha value is -0.200. The normalized spacial score (nSPS) is 28.6. The molecule has 1 aliphatic rings. The molecule has 6 heteroatoms. The van der Waals surface area contributed by atoms with Crippen molar-refractivity contribution in [3.63, 3.8) is 0 Å². The van der Waals surface area contributed by atoms with E-state index in [4.69, 9.17) is 0 Å². The lowest BCUT2D eigenvalue weighted by Crippen LogP contribution is -2.47. The highest BCUT2D eigenvalue weighted by Gasteiger charge is 2.37. The van der Waals surface area contributed by atoms with Gasteiger partial charge < -0.3 is 5.11 Å². The summed E-state index contributed by atoms with van der Waals surface area (Å²) >= 11 is 0. The van der Waals surface area contributed by atoms with Crippen LogP contribution in [0, 0.1) is 11.3 Å². The third-order valence-electron chi connectivity index (χ3n) is 4.31. The summed E-state index contributed by atoms with van der Waals surface area (Å²) in [4.78, 5) is 0. The number of rotatable bonds is 6. The van der Waals surface area contributed by atoms with E-state index in [0.29, 0.717) is 18.8 Å². The first-order valence-electron chi connectivity index (χ1n) is 7.34. The van der Waals surface area contributed by atoms with Gasteiger partial charge in [0, 0.05) is 6.54 Å². The summed E-state index contributed by atoms with van der Waals surface area (Å²) in [7, 11) is -3.47. The Labute approximate surface area is 122 Å². The minimum Gasteiger partial charge on any atom is -0.389 e. The smallest absolute Gasteiger partial charge is 0.211 e. The lowest BCUT2D eigenvalue weighted by Gasteiger charge is -2.41. The molecule has 0 bridgehead atoms. The van der Waals surface area contributed by atoms with Crippen molar-refractivity contribution in [3.05, 3.63) is 0 Å². The third-order valence-corrected chi connectivity index (χ3v) is 5.72. The van der Waals surface area contributed by atoms with Crippen LogP contribution < -0.4 is 4.72 Å². The van der Waals surface area contributed by atoms with Crippen LogP contribution in [0.5, 0.6) is 0 Å². The lowest BCUT2D eigenvalue weighted by molar-refractivity contribution is -0.0201. The van der Waals surface area contributed by atoms with Crippen LogP contribution >= 0.6 is 0 Å². The first-order valence-corrected chi connectivity index (χ1v) is 8.99. The topological polar surface area (TPSA) is 66.4 Å². The van der Waals surface area contributed by atoms with Gasteiger partial charge in [-0.1, -0.05) is 20.8 Å². The Morgan fingerprint density at radius 3 is 2.30 bits per heavy atom. The molecule has 0 unspecified atom stereocenters. The Bertz CT molecular complexity index is 395. The molecule has 20 heavy (non-hydrogen) atoms. The fraction of sp³-hybridized carbons (Fsp3) is 1.00. The average molecular weight is 309 g/mol. The highest BCUT2D eigenvalue weighted by molar-refractivity contribution is 7.89. The summed E-state index contributed by atoms with van der Waals surface area (Å²) in [6.45, 7) is 5.99. The van der Waals surface area contributed by atoms with Crippen molar-refractivity contribution in [1.29, 1.82) is 0 Å². The van der Waals surface area contributed by atoms with Gasteiger partial charge in [0.2, 0.25) is 10.0 Å². The predicted octanol–water partition coefficient (Wildman–Crippen LogP) is 2.23. The van der Waals surface area contributed by atoms with Gasteiger partial charge in [-0.25, -0.2) is 13.1 Å². The van der Waals surface area contributed by atoms with Gasteiger partial charge in [0.05, 0.1) is 18.0 Å². The second kappa shape index (κ2) is 6.71. The zero-order valence-electron chi connectivity index (χ0n) is 12.8. The van der Waals surface area contributed by atoms with E-state index in [1.54, 1.807) is 0 Å². The van der Waals surface area contributed by atoms with Crippen molar-refractivity contribution < 1.29 is 17.9 Å². The van der Waals surface area contributed by atoms with Crippen molar-refractivity contribution in [2.45, 2.75) is 58.5 Å². The molecular weight excluding hydrogens is 281 g/mol. The van der Waals surface area contributed by atoms with Crippen molar-refractivity contribution in [1.82, 2.24) is 4.72 Å². The number of hydrogen-bond acceptors (Lipinski definition) is 3. The van der Waals surface area contributed by atoms with Gasteiger partial charge >= 0.3 is 0 Å². The molecule has 0 aromatic heterocycles. The quantitative estimate of drug-likeness (QED) is 0.791. The summed E-state index contributed by atoms with van der Waals surface area (Å²) in [5.41, 5.74) is -0.730. The molecular formula is C14H28FNO3S. The van der Waals surface area contributed by atoms with Crippen LogP contribution in [0.4, 0.5) is 4.39 Å². The van der Waals surface area contributed by atoms with Gasteiger partial charge in [-0.15, -0.1) is 0 Å². The van der Waals surface area contributed by atoms with Gasteiger partial charge in [-0.05, 0) is 43.4 Å². The fourth-order valence-corrected chi connectivity index (χ4v) is 3.88. The van der Waals surface area contributed by atoms with Crippen LogP contribution in [0.1, 0.15) is 52.9 Å². The molecule has 0 saturated heterocycles. The molecule has 1 saturated carbocycles. The van der Waals surface area contributed by atoms with Crippen LogP contribution in [0.15, 0.2) is 0 Å². The molecule has 0 aliphatic heterocycles. The van der Waals surface area contributed by atoms with Crippen LogP contribution in [0.2, 0.25) is 0 Å². The summed E-state index contributed by atoms with van der Waals surface area (Å²) in [5, 5.41) is 10.4. The van der Waals surface area contributed by atoms with E-state index in [1.807, 2.05) is 0 Å². The number of alkyl halides is 1. The molecule has 0 amide bonds. The van der Waals surface area contributed by atoms with E-state index in [2.05, 4.69) is 25.5 Å². The Morgan fingerprint density at radius 2 is 1.85 bits per heavy atom. The van der Waals surface area contributed by atoms with E-state index in [-0.39, 0.29) is 24.1 Å². The first kappa shape index (κ1) is 17.9. The second-order valence-corrected chi connectivity index (χ2v) is 8.97. The maximum atomic E-state index is 12.0. The van der Waals surface area contributed by atoms with Crippen LogP contribution in [0.3, 0.4) is 0 Å². The Kier molecular flexibility index (Phi) is 5.99. The molecule has 4 nitrogen and oxygen atoms in total. The number of sulfonamides is 1. The van der Waals surface area contributed by atoms with Crippen LogP contribution in [0.25, 0.3) is 0 Å². The number of hydrogen-bond donors (Lipinski definition) is 2. The van der Waals surface area contributed by atoms with Gasteiger partial charge in [-0.3, -0.25) is 4.39 Å². The molecule has 0 radical (unpaired) electrons. The Morgan fingerprint density at radius 1 is 1.30 bits per heavy atom. The van der Waals surface area contributed by atoms with E-state index < -0.39 is 22.3 Å². The molecule has 0 spiro atoms. The molecule has 2 N–H and O–H groups in total. The van der Waals surface area contributed by atoms with E-state index in [1.165, 1.54) is 0 Å². The monoisotopic (exact) mass is 309 g/mol. The van der Waals surface area contributed by atoms with Crippen LogP contribution in [-0.2, 0) is 10.0 Å². The highest BCUT2D eigenvalue weighted by atomic mass is 32.2. The van der Waals surface area contributed by atoms with E-state index in [9.17, 15) is 17.9 Å². The molecule has 0 aromatic rings. The third kappa shape index (κ3) is 5.66. The van der Waals surface area contributed by atoms with Crippen molar-refractivity contribution >= 4 is 10.0 Å². The van der Waals surface area contributed by atoms with Crippen molar-refractivity contribution in [3.8, 4) is 0 Å². The SMILES string of the molecule is CC(C)(C)C1CCC(O)(CNS(=O)(=O)CCCF)CC1. The summed E-state index contributed by atoms with van der Waals surface area (Å²) in [6, 6.07) is 0. The average Bonchev–Trinajstić information content (AvgIpc) is 2.34. The number of halogens is 1. The predicted molar refractivity (Wildman–Crippen MR) is 78.7 cm³/mol.